The van der Waals surface area contributed by atoms with Gasteiger partial charge in [-0.05, 0) is 80.5 Å². The highest BCUT2D eigenvalue weighted by molar-refractivity contribution is 5.92. The van der Waals surface area contributed by atoms with Gasteiger partial charge in [0.2, 0.25) is 0 Å². The van der Waals surface area contributed by atoms with Crippen LogP contribution in [0.4, 0.5) is 18.0 Å². The fraction of sp³-hybridized carbons (Fsp3) is 0.548. The molecule has 0 aliphatic carbocycles. The summed E-state index contributed by atoms with van der Waals surface area (Å²) in [5.41, 5.74) is 1.11. The number of aromatic nitrogens is 5. The third-order valence-corrected chi connectivity index (χ3v) is 8.21. The minimum atomic E-state index is -4.43. The molecule has 4 heterocycles. The van der Waals surface area contributed by atoms with Crippen molar-refractivity contribution in [3.63, 3.8) is 0 Å². The zero-order chi connectivity index (χ0) is 32.4. The first-order chi connectivity index (χ1) is 21.3. The first kappa shape index (κ1) is 32.3. The summed E-state index contributed by atoms with van der Waals surface area (Å²) in [6, 6.07) is 12.0. The lowest BCUT2D eigenvalue weighted by Crippen LogP contribution is -2.47. The Morgan fingerprint density at radius 1 is 1.02 bits per heavy atom. The second-order valence-electron chi connectivity index (χ2n) is 12.7. The molecule has 2 fully saturated rings. The van der Waals surface area contributed by atoms with Crippen molar-refractivity contribution in [3.05, 3.63) is 71.3 Å². The summed E-state index contributed by atoms with van der Waals surface area (Å²) >= 11 is 0. The molecule has 14 heteroatoms. The van der Waals surface area contributed by atoms with Crippen LogP contribution in [0.25, 0.3) is 0 Å². The molecule has 2 saturated heterocycles. The summed E-state index contributed by atoms with van der Waals surface area (Å²) in [5, 5.41) is 21.9. The number of carbonyl (C=O) groups excluding carboxylic acids is 2. The van der Waals surface area contributed by atoms with E-state index >= 15 is 0 Å². The number of hydrogen-bond acceptors (Lipinski definition) is 8. The van der Waals surface area contributed by atoms with E-state index in [-0.39, 0.29) is 29.4 Å². The molecule has 45 heavy (non-hydrogen) atoms. The number of likely N-dealkylation sites (tertiary alicyclic amines) is 2. The number of halogens is 3. The average molecular weight is 630 g/mol. The number of benzene rings is 1. The monoisotopic (exact) mass is 629 g/mol. The Morgan fingerprint density at radius 3 is 2.36 bits per heavy atom. The van der Waals surface area contributed by atoms with Crippen LogP contribution in [-0.2, 0) is 17.7 Å². The first-order valence-electron chi connectivity index (χ1n) is 15.1. The Hall–Kier alpha value is -4.07. The van der Waals surface area contributed by atoms with Crippen molar-refractivity contribution in [1.29, 1.82) is 0 Å². The Bertz CT molecular complexity index is 1450. The standard InChI is InChI=1S/C31H38F3N7O4/c1-30(2,3)45-29(44)41-23(10-12-25(41)26(42)21-7-5-4-6-8-21)17-20-9-11-24(35-18-20)28(43)39-15-13-22(14-16-39)27-36-37-38-40(27)19-31(32,33)34/h4-9,11,18,22-23,25-26,42H,10,12-17,19H2,1-3H3/t23-,25+,26+/m0/s1. The van der Waals surface area contributed by atoms with Crippen molar-refractivity contribution in [2.75, 3.05) is 13.1 Å². The minimum Gasteiger partial charge on any atom is -0.444 e. The van der Waals surface area contributed by atoms with Crippen LogP contribution in [0.15, 0.2) is 48.7 Å². The molecule has 0 saturated carbocycles. The van der Waals surface area contributed by atoms with Gasteiger partial charge < -0.3 is 14.7 Å². The van der Waals surface area contributed by atoms with E-state index in [1.54, 1.807) is 42.8 Å². The van der Waals surface area contributed by atoms with E-state index in [0.717, 1.165) is 15.8 Å². The molecule has 2 aliphatic rings. The number of rotatable bonds is 7. The normalized spacial score (nSPS) is 20.3. The van der Waals surface area contributed by atoms with Crippen molar-refractivity contribution in [3.8, 4) is 0 Å². The van der Waals surface area contributed by atoms with E-state index in [4.69, 9.17) is 4.74 Å². The number of alkyl halides is 3. The summed E-state index contributed by atoms with van der Waals surface area (Å²) < 4.78 is 45.2. The molecular formula is C31H38F3N7O4. The molecule has 1 N–H and O–H groups in total. The maximum atomic E-state index is 13.4. The van der Waals surface area contributed by atoms with E-state index in [0.29, 0.717) is 45.2 Å². The van der Waals surface area contributed by atoms with Gasteiger partial charge in [-0.15, -0.1) is 5.10 Å². The number of amides is 2. The van der Waals surface area contributed by atoms with Crippen LogP contribution < -0.4 is 0 Å². The molecule has 5 rings (SSSR count). The number of hydrogen-bond donors (Lipinski definition) is 1. The summed E-state index contributed by atoms with van der Waals surface area (Å²) in [4.78, 5) is 34.3. The van der Waals surface area contributed by atoms with Gasteiger partial charge in [0.25, 0.3) is 5.91 Å². The van der Waals surface area contributed by atoms with Crippen LogP contribution in [0.5, 0.6) is 0 Å². The van der Waals surface area contributed by atoms with Gasteiger partial charge in [-0.3, -0.25) is 14.7 Å². The maximum absolute atomic E-state index is 13.4. The fourth-order valence-electron chi connectivity index (χ4n) is 6.13. The van der Waals surface area contributed by atoms with Crippen LogP contribution in [0, 0.1) is 0 Å². The van der Waals surface area contributed by atoms with Gasteiger partial charge >= 0.3 is 12.3 Å². The predicted octanol–water partition coefficient (Wildman–Crippen LogP) is 4.69. The van der Waals surface area contributed by atoms with Crippen LogP contribution in [-0.4, -0.2) is 89.0 Å². The average Bonchev–Trinajstić information content (AvgIpc) is 3.62. The number of aliphatic hydroxyl groups excluding tert-OH is 1. The summed E-state index contributed by atoms with van der Waals surface area (Å²) in [5.74, 6) is -0.379. The topological polar surface area (TPSA) is 127 Å². The van der Waals surface area contributed by atoms with E-state index in [1.807, 2.05) is 36.4 Å². The maximum Gasteiger partial charge on any atom is 0.410 e. The second kappa shape index (κ2) is 13.1. The quantitative estimate of drug-likeness (QED) is 0.399. The third kappa shape index (κ3) is 7.96. The van der Waals surface area contributed by atoms with Crippen LogP contribution in [0.1, 0.15) is 85.9 Å². The summed E-state index contributed by atoms with van der Waals surface area (Å²) in [6.07, 6.45) is -1.58. The molecule has 3 atom stereocenters. The van der Waals surface area contributed by atoms with Crippen molar-refractivity contribution in [1.82, 2.24) is 35.0 Å². The van der Waals surface area contributed by atoms with Gasteiger partial charge in [0.15, 0.2) is 5.82 Å². The molecule has 0 radical (unpaired) electrons. The van der Waals surface area contributed by atoms with Gasteiger partial charge in [-0.25, -0.2) is 9.48 Å². The van der Waals surface area contributed by atoms with Gasteiger partial charge in [0, 0.05) is 31.2 Å². The van der Waals surface area contributed by atoms with E-state index in [1.165, 1.54) is 0 Å². The molecule has 0 unspecified atom stereocenters. The smallest absolute Gasteiger partial charge is 0.410 e. The lowest BCUT2D eigenvalue weighted by Gasteiger charge is -2.35. The second-order valence-corrected chi connectivity index (χ2v) is 12.7. The molecule has 0 bridgehead atoms. The number of ether oxygens (including phenoxy) is 1. The molecular weight excluding hydrogens is 591 g/mol. The van der Waals surface area contributed by atoms with Gasteiger partial charge in [-0.1, -0.05) is 36.4 Å². The van der Waals surface area contributed by atoms with Crippen LogP contribution in [0.3, 0.4) is 0 Å². The van der Waals surface area contributed by atoms with Crippen molar-refractivity contribution in [2.45, 2.75) is 95.3 Å². The molecule has 2 aliphatic heterocycles. The van der Waals surface area contributed by atoms with Gasteiger partial charge in [0.05, 0.1) is 12.1 Å². The highest BCUT2D eigenvalue weighted by atomic mass is 19.4. The summed E-state index contributed by atoms with van der Waals surface area (Å²) in [7, 11) is 0. The Morgan fingerprint density at radius 2 is 1.73 bits per heavy atom. The van der Waals surface area contributed by atoms with E-state index in [9.17, 15) is 27.9 Å². The molecule has 1 aromatic carbocycles. The number of piperidine rings is 1. The molecule has 0 spiro atoms. The fourth-order valence-corrected chi connectivity index (χ4v) is 6.13. The largest absolute Gasteiger partial charge is 0.444 e. The third-order valence-electron chi connectivity index (χ3n) is 8.21. The van der Waals surface area contributed by atoms with Crippen LogP contribution in [0.2, 0.25) is 0 Å². The van der Waals surface area contributed by atoms with Gasteiger partial charge in [0.1, 0.15) is 17.8 Å². The number of nitrogens with zero attached hydrogens (tertiary/aromatic N) is 7. The Labute approximate surface area is 259 Å². The molecule has 2 amide bonds. The molecule has 2 aromatic heterocycles. The molecule has 242 valence electrons. The number of aliphatic hydroxyl groups is 1. The Kier molecular flexibility index (Phi) is 9.42. The highest BCUT2D eigenvalue weighted by Crippen LogP contribution is 2.36. The van der Waals surface area contributed by atoms with Crippen molar-refractivity contribution >= 4 is 12.0 Å². The van der Waals surface area contributed by atoms with Crippen molar-refractivity contribution < 1.29 is 32.6 Å². The minimum absolute atomic E-state index is 0.174. The number of tetrazole rings is 1. The predicted molar refractivity (Wildman–Crippen MR) is 156 cm³/mol. The number of pyridine rings is 1. The SMILES string of the molecule is CC(C)(C)OC(=O)N1[C@H](Cc2ccc(C(=O)N3CCC(c4nnnn4CC(F)(F)F)CC3)nc2)CC[C@@H]1[C@H](O)c1ccccc1. The van der Waals surface area contributed by atoms with Crippen LogP contribution >= 0.6 is 0 Å². The Balaban J connectivity index is 1.22. The van der Waals surface area contributed by atoms with Gasteiger partial charge in [-0.2, -0.15) is 13.2 Å². The van der Waals surface area contributed by atoms with Crippen molar-refractivity contribution in [2.24, 2.45) is 0 Å². The number of carbonyl (C=O) groups is 2. The zero-order valence-corrected chi connectivity index (χ0v) is 25.5. The highest BCUT2D eigenvalue weighted by Gasteiger charge is 2.43. The first-order valence-corrected chi connectivity index (χ1v) is 15.1. The molecule has 11 nitrogen and oxygen atoms in total. The zero-order valence-electron chi connectivity index (χ0n) is 25.5. The lowest BCUT2D eigenvalue weighted by molar-refractivity contribution is -0.143. The molecule has 3 aromatic rings. The van der Waals surface area contributed by atoms with E-state index in [2.05, 4.69) is 20.5 Å². The summed E-state index contributed by atoms with van der Waals surface area (Å²) in [6.45, 7) is 4.83. The van der Waals surface area contributed by atoms with E-state index < -0.39 is 36.6 Å². The lowest BCUT2D eigenvalue weighted by atomic mass is 9.95.